The third-order valence-corrected chi connectivity index (χ3v) is 3.13. The molecule has 4 heteroatoms. The Morgan fingerprint density at radius 2 is 1.88 bits per heavy atom. The Labute approximate surface area is 100 Å². The van der Waals surface area contributed by atoms with Crippen molar-refractivity contribution in [2.75, 3.05) is 6.61 Å². The molecule has 0 aromatic heterocycles. The molecule has 3 N–H and O–H groups in total. The molecule has 0 radical (unpaired) electrons. The number of rotatable bonds is 3. The summed E-state index contributed by atoms with van der Waals surface area (Å²) in [5, 5.41) is 28.3. The maximum absolute atomic E-state index is 9.69. The summed E-state index contributed by atoms with van der Waals surface area (Å²) in [5.74, 6) is 0. The van der Waals surface area contributed by atoms with Crippen LogP contribution in [0.3, 0.4) is 0 Å². The SMILES string of the molecule is OC[C@H]1OC(Cc2ccccc2)C[C@@H](O)[C@@H]1O. The zero-order valence-electron chi connectivity index (χ0n) is 9.57. The molecular formula is C13H18O4. The van der Waals surface area contributed by atoms with Gasteiger partial charge in [-0.15, -0.1) is 0 Å². The second-order valence-electron chi connectivity index (χ2n) is 4.46. The fourth-order valence-electron chi connectivity index (χ4n) is 2.20. The van der Waals surface area contributed by atoms with E-state index in [1.807, 2.05) is 30.3 Å². The van der Waals surface area contributed by atoms with Crippen LogP contribution in [0.25, 0.3) is 0 Å². The van der Waals surface area contributed by atoms with Crippen LogP contribution in [0.1, 0.15) is 12.0 Å². The Balaban J connectivity index is 1.98. The monoisotopic (exact) mass is 238 g/mol. The van der Waals surface area contributed by atoms with Crippen molar-refractivity contribution in [1.29, 1.82) is 0 Å². The molecule has 4 nitrogen and oxygen atoms in total. The molecular weight excluding hydrogens is 220 g/mol. The van der Waals surface area contributed by atoms with Crippen molar-refractivity contribution in [3.63, 3.8) is 0 Å². The van der Waals surface area contributed by atoms with E-state index < -0.39 is 18.3 Å². The van der Waals surface area contributed by atoms with E-state index in [0.717, 1.165) is 5.56 Å². The third kappa shape index (κ3) is 3.04. The third-order valence-electron chi connectivity index (χ3n) is 3.13. The summed E-state index contributed by atoms with van der Waals surface area (Å²) in [5.41, 5.74) is 1.12. The van der Waals surface area contributed by atoms with Gasteiger partial charge in [0.1, 0.15) is 12.2 Å². The normalized spacial score (nSPS) is 33.6. The van der Waals surface area contributed by atoms with Gasteiger partial charge in [0, 0.05) is 6.42 Å². The van der Waals surface area contributed by atoms with E-state index in [1.54, 1.807) is 0 Å². The van der Waals surface area contributed by atoms with Gasteiger partial charge in [-0.2, -0.15) is 0 Å². The van der Waals surface area contributed by atoms with E-state index in [-0.39, 0.29) is 12.7 Å². The quantitative estimate of drug-likeness (QED) is 0.698. The van der Waals surface area contributed by atoms with E-state index in [4.69, 9.17) is 9.84 Å². The summed E-state index contributed by atoms with van der Waals surface area (Å²) < 4.78 is 5.56. The van der Waals surface area contributed by atoms with E-state index in [2.05, 4.69) is 0 Å². The number of hydrogen-bond acceptors (Lipinski definition) is 4. The van der Waals surface area contributed by atoms with Gasteiger partial charge in [-0.1, -0.05) is 30.3 Å². The molecule has 2 rings (SSSR count). The first kappa shape index (κ1) is 12.5. The topological polar surface area (TPSA) is 69.9 Å². The summed E-state index contributed by atoms with van der Waals surface area (Å²) in [7, 11) is 0. The number of ether oxygens (including phenoxy) is 1. The fourth-order valence-corrected chi connectivity index (χ4v) is 2.20. The molecule has 0 aliphatic carbocycles. The van der Waals surface area contributed by atoms with Gasteiger partial charge in [-0.25, -0.2) is 0 Å². The van der Waals surface area contributed by atoms with Gasteiger partial charge in [0.2, 0.25) is 0 Å². The minimum Gasteiger partial charge on any atom is -0.394 e. The highest BCUT2D eigenvalue weighted by Gasteiger charge is 2.36. The van der Waals surface area contributed by atoms with E-state index in [0.29, 0.717) is 12.8 Å². The zero-order valence-corrected chi connectivity index (χ0v) is 9.57. The molecule has 1 aliphatic rings. The standard InChI is InChI=1S/C13H18O4/c14-8-12-13(16)11(15)7-10(17-12)6-9-4-2-1-3-5-9/h1-5,10-16H,6-8H2/t10?,11-,12-,13+/m1/s1. The van der Waals surface area contributed by atoms with Crippen LogP contribution in [0.5, 0.6) is 0 Å². The second-order valence-corrected chi connectivity index (χ2v) is 4.46. The highest BCUT2D eigenvalue weighted by atomic mass is 16.5. The number of aliphatic hydroxyl groups excluding tert-OH is 3. The predicted octanol–water partition coefficient (Wildman–Crippen LogP) is 0.101. The number of aliphatic hydroxyl groups is 3. The van der Waals surface area contributed by atoms with Gasteiger partial charge in [0.05, 0.1) is 18.8 Å². The van der Waals surface area contributed by atoms with Gasteiger partial charge < -0.3 is 20.1 Å². The molecule has 1 aromatic carbocycles. The molecule has 0 saturated carbocycles. The summed E-state index contributed by atoms with van der Waals surface area (Å²) in [6, 6.07) is 9.84. The van der Waals surface area contributed by atoms with Gasteiger partial charge in [-0.05, 0) is 12.0 Å². The zero-order chi connectivity index (χ0) is 12.3. The summed E-state index contributed by atoms with van der Waals surface area (Å²) >= 11 is 0. The number of hydrogen-bond donors (Lipinski definition) is 3. The molecule has 1 fully saturated rings. The van der Waals surface area contributed by atoms with Gasteiger partial charge >= 0.3 is 0 Å². The lowest BCUT2D eigenvalue weighted by molar-refractivity contribution is -0.178. The smallest absolute Gasteiger partial charge is 0.109 e. The molecule has 17 heavy (non-hydrogen) atoms. The average Bonchev–Trinajstić information content (AvgIpc) is 2.35. The minimum absolute atomic E-state index is 0.159. The van der Waals surface area contributed by atoms with Crippen molar-refractivity contribution >= 4 is 0 Å². The molecule has 94 valence electrons. The maximum Gasteiger partial charge on any atom is 0.109 e. The Kier molecular flexibility index (Phi) is 4.12. The molecule has 1 saturated heterocycles. The molecule has 0 spiro atoms. The van der Waals surface area contributed by atoms with Crippen LogP contribution in [0.15, 0.2) is 30.3 Å². The second kappa shape index (κ2) is 5.60. The van der Waals surface area contributed by atoms with Crippen LogP contribution in [0.4, 0.5) is 0 Å². The van der Waals surface area contributed by atoms with Crippen LogP contribution in [0.2, 0.25) is 0 Å². The number of benzene rings is 1. The summed E-state index contributed by atoms with van der Waals surface area (Å²) in [6.45, 7) is -0.274. The highest BCUT2D eigenvalue weighted by molar-refractivity contribution is 5.15. The fraction of sp³-hybridized carbons (Fsp3) is 0.538. The Morgan fingerprint density at radius 1 is 1.18 bits per heavy atom. The van der Waals surface area contributed by atoms with Crippen molar-refractivity contribution in [1.82, 2.24) is 0 Å². The first-order valence-corrected chi connectivity index (χ1v) is 5.87. The Bertz CT molecular complexity index is 341. The summed E-state index contributed by atoms with van der Waals surface area (Å²) in [4.78, 5) is 0. The first-order chi connectivity index (χ1) is 8.20. The van der Waals surface area contributed by atoms with Crippen LogP contribution in [-0.4, -0.2) is 46.3 Å². The van der Waals surface area contributed by atoms with E-state index in [1.165, 1.54) is 0 Å². The molecule has 1 aromatic rings. The Hall–Kier alpha value is -0.940. The summed E-state index contributed by atoms with van der Waals surface area (Å²) in [6.07, 6.45) is -1.59. The lowest BCUT2D eigenvalue weighted by Crippen LogP contribution is -2.50. The van der Waals surface area contributed by atoms with Crippen LogP contribution in [-0.2, 0) is 11.2 Å². The molecule has 0 amide bonds. The molecule has 4 atom stereocenters. The van der Waals surface area contributed by atoms with Gasteiger partial charge in [0.25, 0.3) is 0 Å². The van der Waals surface area contributed by atoms with Crippen molar-refractivity contribution in [3.05, 3.63) is 35.9 Å². The first-order valence-electron chi connectivity index (χ1n) is 5.87. The molecule has 1 aliphatic heterocycles. The highest BCUT2D eigenvalue weighted by Crippen LogP contribution is 2.22. The lowest BCUT2D eigenvalue weighted by Gasteiger charge is -2.36. The molecule has 1 unspecified atom stereocenters. The van der Waals surface area contributed by atoms with Crippen LogP contribution >= 0.6 is 0 Å². The van der Waals surface area contributed by atoms with Crippen molar-refractivity contribution in [2.24, 2.45) is 0 Å². The van der Waals surface area contributed by atoms with E-state index >= 15 is 0 Å². The van der Waals surface area contributed by atoms with Crippen molar-refractivity contribution in [3.8, 4) is 0 Å². The van der Waals surface area contributed by atoms with Crippen LogP contribution < -0.4 is 0 Å². The van der Waals surface area contributed by atoms with E-state index in [9.17, 15) is 10.2 Å². The van der Waals surface area contributed by atoms with Crippen LogP contribution in [0, 0.1) is 0 Å². The van der Waals surface area contributed by atoms with Gasteiger partial charge in [-0.3, -0.25) is 0 Å². The maximum atomic E-state index is 9.69. The van der Waals surface area contributed by atoms with Gasteiger partial charge in [0.15, 0.2) is 0 Å². The minimum atomic E-state index is -0.993. The lowest BCUT2D eigenvalue weighted by atomic mass is 9.94. The van der Waals surface area contributed by atoms with Crippen molar-refractivity contribution in [2.45, 2.75) is 37.3 Å². The predicted molar refractivity (Wildman–Crippen MR) is 62.5 cm³/mol. The van der Waals surface area contributed by atoms with Crippen molar-refractivity contribution < 1.29 is 20.1 Å². The molecule has 1 heterocycles. The average molecular weight is 238 g/mol. The largest absolute Gasteiger partial charge is 0.394 e. The molecule has 0 bridgehead atoms. The Morgan fingerprint density at radius 3 is 2.53 bits per heavy atom.